The van der Waals surface area contributed by atoms with Crippen molar-refractivity contribution in [2.45, 2.75) is 70.2 Å². The first-order valence-electron chi connectivity index (χ1n) is 10.9. The Kier molecular flexibility index (Phi) is 5.73. The van der Waals surface area contributed by atoms with Crippen molar-refractivity contribution >= 4 is 11.8 Å². The highest BCUT2D eigenvalue weighted by Crippen LogP contribution is 2.42. The number of likely N-dealkylation sites (tertiary alicyclic amines) is 1. The second kappa shape index (κ2) is 8.33. The van der Waals surface area contributed by atoms with Gasteiger partial charge in [0.05, 0.1) is 18.1 Å². The van der Waals surface area contributed by atoms with Gasteiger partial charge in [-0.2, -0.15) is 0 Å². The van der Waals surface area contributed by atoms with Gasteiger partial charge in [0.25, 0.3) is 5.91 Å². The number of nitrogens with one attached hydrogen (secondary N) is 1. The minimum absolute atomic E-state index is 0.00996. The highest BCUT2D eigenvalue weighted by molar-refractivity contribution is 5.86. The summed E-state index contributed by atoms with van der Waals surface area (Å²) in [6, 6.07) is 13.3. The lowest BCUT2D eigenvalue weighted by molar-refractivity contribution is -0.149. The molecule has 4 rings (SSSR count). The minimum Gasteiger partial charge on any atom is -0.478 e. The van der Waals surface area contributed by atoms with Gasteiger partial charge in [0, 0.05) is 12.0 Å². The number of amides is 2. The summed E-state index contributed by atoms with van der Waals surface area (Å²) >= 11 is 0. The molecule has 0 saturated carbocycles. The molecule has 0 spiro atoms. The van der Waals surface area contributed by atoms with E-state index in [0.717, 1.165) is 5.56 Å². The Morgan fingerprint density at radius 2 is 1.87 bits per heavy atom. The van der Waals surface area contributed by atoms with Crippen molar-refractivity contribution in [1.29, 1.82) is 0 Å². The number of rotatable bonds is 4. The average molecular weight is 425 g/mol. The van der Waals surface area contributed by atoms with E-state index in [1.165, 1.54) is 6.07 Å². The van der Waals surface area contributed by atoms with E-state index >= 15 is 0 Å². The summed E-state index contributed by atoms with van der Waals surface area (Å²) in [4.78, 5) is 27.8. The van der Waals surface area contributed by atoms with Crippen LogP contribution in [-0.2, 0) is 9.59 Å². The zero-order valence-electron chi connectivity index (χ0n) is 18.2. The number of hydrogen-bond acceptors (Lipinski definition) is 3. The molecule has 0 aliphatic carbocycles. The Morgan fingerprint density at radius 1 is 1.16 bits per heavy atom. The minimum atomic E-state index is -1.15. The van der Waals surface area contributed by atoms with Crippen LogP contribution in [0.5, 0.6) is 5.75 Å². The lowest BCUT2D eigenvalue weighted by atomic mass is 10.0. The summed E-state index contributed by atoms with van der Waals surface area (Å²) in [5.41, 5.74) is 0.432. The van der Waals surface area contributed by atoms with Gasteiger partial charge < -0.3 is 15.0 Å². The molecular formula is C25H29FN2O3. The first kappa shape index (κ1) is 21.3. The molecule has 2 aromatic carbocycles. The summed E-state index contributed by atoms with van der Waals surface area (Å²) in [5, 5.41) is 3.06. The molecule has 2 aromatic rings. The van der Waals surface area contributed by atoms with Crippen LogP contribution in [-0.4, -0.2) is 34.4 Å². The van der Waals surface area contributed by atoms with Crippen LogP contribution in [0.25, 0.3) is 0 Å². The standard InChI is InChI=1S/C25H29FN2O3/c1-16-11-13-17(14-12-16)31-25(2,3)24(30)28-21-9-6-10-23(29)27-20(21)15-22(28)18-7-4-5-8-19(18)26/h4-5,7-8,11-14,20-22H,6,9-10,15H2,1-3H3,(H,27,29)/t20-,21+,22+/m0/s1. The van der Waals surface area contributed by atoms with Crippen LogP contribution in [0.15, 0.2) is 48.5 Å². The van der Waals surface area contributed by atoms with E-state index in [0.29, 0.717) is 37.0 Å². The van der Waals surface area contributed by atoms with Crippen molar-refractivity contribution in [3.63, 3.8) is 0 Å². The molecule has 2 aliphatic heterocycles. The molecule has 2 saturated heterocycles. The van der Waals surface area contributed by atoms with Crippen LogP contribution in [0, 0.1) is 12.7 Å². The number of ether oxygens (including phenoxy) is 1. The molecule has 0 aromatic heterocycles. The van der Waals surface area contributed by atoms with Gasteiger partial charge in [0.2, 0.25) is 5.91 Å². The number of hydrogen-bond donors (Lipinski definition) is 1. The van der Waals surface area contributed by atoms with E-state index < -0.39 is 11.6 Å². The summed E-state index contributed by atoms with van der Waals surface area (Å²) in [6.45, 7) is 5.48. The molecule has 0 unspecified atom stereocenters. The number of carbonyl (C=O) groups is 2. The van der Waals surface area contributed by atoms with Crippen molar-refractivity contribution in [3.05, 3.63) is 65.5 Å². The Bertz CT molecular complexity index is 973. The molecule has 2 heterocycles. The Morgan fingerprint density at radius 3 is 2.58 bits per heavy atom. The maximum absolute atomic E-state index is 14.7. The third kappa shape index (κ3) is 4.29. The lowest BCUT2D eigenvalue weighted by Crippen LogP contribution is -2.53. The van der Waals surface area contributed by atoms with E-state index in [2.05, 4.69) is 5.32 Å². The van der Waals surface area contributed by atoms with Gasteiger partial charge in [0.1, 0.15) is 11.6 Å². The summed E-state index contributed by atoms with van der Waals surface area (Å²) in [6.07, 6.45) is 2.33. The van der Waals surface area contributed by atoms with Crippen molar-refractivity contribution in [3.8, 4) is 5.75 Å². The van der Waals surface area contributed by atoms with Gasteiger partial charge in [-0.15, -0.1) is 0 Å². The van der Waals surface area contributed by atoms with Crippen LogP contribution < -0.4 is 10.1 Å². The van der Waals surface area contributed by atoms with Crippen molar-refractivity contribution in [2.24, 2.45) is 0 Å². The largest absolute Gasteiger partial charge is 0.478 e. The number of aryl methyl sites for hydroxylation is 1. The topological polar surface area (TPSA) is 58.6 Å². The van der Waals surface area contributed by atoms with Gasteiger partial charge in [0.15, 0.2) is 5.60 Å². The molecule has 164 valence electrons. The van der Waals surface area contributed by atoms with Crippen molar-refractivity contribution in [2.75, 3.05) is 0 Å². The summed E-state index contributed by atoms with van der Waals surface area (Å²) in [5.74, 6) is 0.0517. The Labute approximate surface area is 182 Å². The second-order valence-electron chi connectivity index (χ2n) is 9.04. The monoisotopic (exact) mass is 424 g/mol. The zero-order chi connectivity index (χ0) is 22.2. The second-order valence-corrected chi connectivity index (χ2v) is 9.04. The molecular weight excluding hydrogens is 395 g/mol. The smallest absolute Gasteiger partial charge is 0.267 e. The predicted octanol–water partition coefficient (Wildman–Crippen LogP) is 4.30. The number of benzene rings is 2. The van der Waals surface area contributed by atoms with Crippen molar-refractivity contribution < 1.29 is 18.7 Å². The molecule has 5 nitrogen and oxygen atoms in total. The maximum Gasteiger partial charge on any atom is 0.267 e. The van der Waals surface area contributed by atoms with E-state index in [4.69, 9.17) is 4.74 Å². The third-order valence-corrected chi connectivity index (χ3v) is 6.29. The fourth-order valence-electron chi connectivity index (χ4n) is 4.75. The molecule has 6 heteroatoms. The molecule has 0 bridgehead atoms. The lowest BCUT2D eigenvalue weighted by Gasteiger charge is -2.37. The summed E-state index contributed by atoms with van der Waals surface area (Å²) in [7, 11) is 0. The van der Waals surface area contributed by atoms with Crippen LogP contribution in [0.1, 0.15) is 56.7 Å². The van der Waals surface area contributed by atoms with E-state index in [9.17, 15) is 14.0 Å². The van der Waals surface area contributed by atoms with Crippen molar-refractivity contribution in [1.82, 2.24) is 10.2 Å². The SMILES string of the molecule is Cc1ccc(OC(C)(C)C(=O)N2[C@@H](c3ccccc3F)C[C@@H]3NC(=O)CCC[C@H]32)cc1. The quantitative estimate of drug-likeness (QED) is 0.796. The highest BCUT2D eigenvalue weighted by Gasteiger charge is 2.50. The zero-order valence-corrected chi connectivity index (χ0v) is 18.2. The van der Waals surface area contributed by atoms with E-state index in [1.807, 2.05) is 31.2 Å². The average Bonchev–Trinajstić information content (AvgIpc) is 2.96. The highest BCUT2D eigenvalue weighted by atomic mass is 19.1. The third-order valence-electron chi connectivity index (χ3n) is 6.29. The molecule has 2 fully saturated rings. The Hall–Kier alpha value is -2.89. The van der Waals surface area contributed by atoms with Crippen LogP contribution in [0.3, 0.4) is 0 Å². The van der Waals surface area contributed by atoms with Crippen LogP contribution in [0.4, 0.5) is 4.39 Å². The number of fused-ring (bicyclic) bond motifs is 1. The van der Waals surface area contributed by atoms with Gasteiger partial charge in [-0.3, -0.25) is 9.59 Å². The fourth-order valence-corrected chi connectivity index (χ4v) is 4.75. The molecule has 2 aliphatic rings. The molecule has 0 radical (unpaired) electrons. The van der Waals surface area contributed by atoms with Crippen LogP contribution >= 0.6 is 0 Å². The van der Waals surface area contributed by atoms with Gasteiger partial charge >= 0.3 is 0 Å². The summed E-state index contributed by atoms with van der Waals surface area (Å²) < 4.78 is 20.8. The normalized spacial score (nSPS) is 23.7. The first-order chi connectivity index (χ1) is 14.8. The molecule has 1 N–H and O–H groups in total. The van der Waals surface area contributed by atoms with Gasteiger partial charge in [-0.05, 0) is 58.2 Å². The maximum atomic E-state index is 14.7. The predicted molar refractivity (Wildman–Crippen MR) is 116 cm³/mol. The molecule has 2 amide bonds. The molecule has 3 atom stereocenters. The van der Waals surface area contributed by atoms with E-state index in [1.54, 1.807) is 36.9 Å². The van der Waals surface area contributed by atoms with Crippen LogP contribution in [0.2, 0.25) is 0 Å². The number of nitrogens with zero attached hydrogens (tertiary/aromatic N) is 1. The first-order valence-corrected chi connectivity index (χ1v) is 10.9. The number of carbonyl (C=O) groups excluding carboxylic acids is 2. The molecule has 31 heavy (non-hydrogen) atoms. The Balaban J connectivity index is 1.68. The van der Waals surface area contributed by atoms with Gasteiger partial charge in [-0.25, -0.2) is 4.39 Å². The van der Waals surface area contributed by atoms with E-state index in [-0.39, 0.29) is 29.7 Å². The fraction of sp³-hybridized carbons (Fsp3) is 0.440. The number of halogens is 1. The van der Waals surface area contributed by atoms with Gasteiger partial charge in [-0.1, -0.05) is 35.9 Å².